The third kappa shape index (κ3) is 3.40. The van der Waals surface area contributed by atoms with Crippen LogP contribution in [-0.2, 0) is 14.7 Å². The molecule has 4 heteroatoms. The molecule has 1 aromatic heterocycles. The number of fused-ring (bicyclic) bond motifs is 3. The van der Waals surface area contributed by atoms with E-state index in [-0.39, 0.29) is 23.7 Å². The van der Waals surface area contributed by atoms with Crippen LogP contribution in [-0.4, -0.2) is 18.3 Å². The molecular weight excluding hydrogens is 411 g/mol. The fourth-order valence-corrected chi connectivity index (χ4v) is 5.90. The Balaban J connectivity index is 1.65. The molecule has 0 aliphatic carbocycles. The molecule has 0 bridgehead atoms. The molecule has 32 heavy (non-hydrogen) atoms. The van der Waals surface area contributed by atoms with Crippen LogP contribution in [0, 0.1) is 0 Å². The summed E-state index contributed by atoms with van der Waals surface area (Å²) in [5, 5.41) is 2.66. The Morgan fingerprint density at radius 3 is 2.16 bits per heavy atom. The van der Waals surface area contributed by atoms with Crippen molar-refractivity contribution in [1.29, 1.82) is 0 Å². The molecule has 5 rings (SSSR count). The van der Waals surface area contributed by atoms with Gasteiger partial charge < -0.3 is 9.31 Å². The molecule has 3 aromatic carbocycles. The smallest absolute Gasteiger partial charge is 0.399 e. The molecule has 1 aliphatic rings. The van der Waals surface area contributed by atoms with E-state index in [1.807, 2.05) is 11.3 Å². The van der Waals surface area contributed by atoms with Gasteiger partial charge >= 0.3 is 7.12 Å². The summed E-state index contributed by atoms with van der Waals surface area (Å²) in [6.07, 6.45) is 0. The van der Waals surface area contributed by atoms with Crippen molar-refractivity contribution in [3.8, 4) is 11.1 Å². The lowest BCUT2D eigenvalue weighted by atomic mass is 9.74. The third-order valence-corrected chi connectivity index (χ3v) is 8.30. The highest BCUT2D eigenvalue weighted by molar-refractivity contribution is 7.26. The van der Waals surface area contributed by atoms with Crippen molar-refractivity contribution >= 4 is 44.1 Å². The molecule has 0 amide bonds. The average Bonchev–Trinajstić information content (AvgIpc) is 3.20. The second-order valence-electron chi connectivity index (χ2n) is 10.9. The Hall–Kier alpha value is -2.14. The predicted molar refractivity (Wildman–Crippen MR) is 139 cm³/mol. The van der Waals surface area contributed by atoms with Crippen molar-refractivity contribution in [2.45, 2.75) is 65.1 Å². The minimum Gasteiger partial charge on any atom is -0.399 e. The first-order valence-corrected chi connectivity index (χ1v) is 12.2. The quantitative estimate of drug-likeness (QED) is 0.303. The molecule has 2 heterocycles. The second kappa shape index (κ2) is 7.18. The molecule has 0 spiro atoms. The molecule has 164 valence electrons. The van der Waals surface area contributed by atoms with Crippen LogP contribution in [0.5, 0.6) is 0 Å². The molecule has 2 nitrogen and oxygen atoms in total. The number of hydrogen-bond acceptors (Lipinski definition) is 3. The SMILES string of the molecule is CC(C)(C)c1cccc2c1sc1ccc(-c3ccccc3B3OC(C)(C)C(C)(C)O3)cc12. The Morgan fingerprint density at radius 1 is 0.781 bits per heavy atom. The zero-order valence-corrected chi connectivity index (χ0v) is 20.9. The van der Waals surface area contributed by atoms with Crippen LogP contribution in [0.4, 0.5) is 0 Å². The van der Waals surface area contributed by atoms with Crippen LogP contribution in [0.3, 0.4) is 0 Å². The minimum atomic E-state index is -0.376. The molecule has 0 N–H and O–H groups in total. The van der Waals surface area contributed by atoms with Crippen LogP contribution in [0.15, 0.2) is 60.7 Å². The van der Waals surface area contributed by atoms with E-state index < -0.39 is 0 Å². The first-order chi connectivity index (χ1) is 15.0. The Kier molecular flexibility index (Phi) is 4.87. The van der Waals surface area contributed by atoms with Gasteiger partial charge in [-0.3, -0.25) is 0 Å². The van der Waals surface area contributed by atoms with E-state index in [1.54, 1.807) is 0 Å². The third-order valence-electron chi connectivity index (χ3n) is 7.08. The first-order valence-electron chi connectivity index (χ1n) is 11.4. The maximum atomic E-state index is 6.39. The summed E-state index contributed by atoms with van der Waals surface area (Å²) in [7, 11) is -0.376. The highest BCUT2D eigenvalue weighted by Crippen LogP contribution is 2.42. The lowest BCUT2D eigenvalue weighted by molar-refractivity contribution is 0.00578. The van der Waals surface area contributed by atoms with Crippen molar-refractivity contribution in [3.05, 3.63) is 66.2 Å². The highest BCUT2D eigenvalue weighted by Gasteiger charge is 2.52. The lowest BCUT2D eigenvalue weighted by Crippen LogP contribution is -2.41. The summed E-state index contributed by atoms with van der Waals surface area (Å²) >= 11 is 1.90. The normalized spacial score (nSPS) is 18.0. The van der Waals surface area contributed by atoms with Gasteiger partial charge in [-0.05, 0) is 67.4 Å². The average molecular weight is 442 g/mol. The minimum absolute atomic E-state index is 0.118. The van der Waals surface area contributed by atoms with Gasteiger partial charge in [-0.15, -0.1) is 11.3 Å². The van der Waals surface area contributed by atoms with Gasteiger partial charge in [0.05, 0.1) is 11.2 Å². The van der Waals surface area contributed by atoms with Crippen LogP contribution in [0.1, 0.15) is 54.0 Å². The van der Waals surface area contributed by atoms with Crippen molar-refractivity contribution in [3.63, 3.8) is 0 Å². The largest absolute Gasteiger partial charge is 0.495 e. The van der Waals surface area contributed by atoms with Gasteiger partial charge in [0, 0.05) is 20.2 Å². The Bertz CT molecular complexity index is 1310. The fourth-order valence-electron chi connectivity index (χ4n) is 4.49. The lowest BCUT2D eigenvalue weighted by Gasteiger charge is -2.32. The van der Waals surface area contributed by atoms with Gasteiger partial charge in [0.2, 0.25) is 0 Å². The zero-order chi connectivity index (χ0) is 22.9. The topological polar surface area (TPSA) is 18.5 Å². The monoisotopic (exact) mass is 442 g/mol. The summed E-state index contributed by atoms with van der Waals surface area (Å²) in [6, 6.07) is 22.0. The predicted octanol–water partition coefficient (Wildman–Crippen LogP) is 7.32. The van der Waals surface area contributed by atoms with E-state index in [2.05, 4.69) is 109 Å². The van der Waals surface area contributed by atoms with Gasteiger partial charge in [-0.1, -0.05) is 69.3 Å². The maximum Gasteiger partial charge on any atom is 0.495 e. The molecule has 4 aromatic rings. The van der Waals surface area contributed by atoms with E-state index in [9.17, 15) is 0 Å². The first kappa shape index (κ1) is 21.7. The van der Waals surface area contributed by atoms with E-state index in [0.29, 0.717) is 0 Å². The van der Waals surface area contributed by atoms with Crippen molar-refractivity contribution in [1.82, 2.24) is 0 Å². The molecular formula is C28H31BO2S. The van der Waals surface area contributed by atoms with Gasteiger partial charge in [0.1, 0.15) is 0 Å². The van der Waals surface area contributed by atoms with Gasteiger partial charge in [-0.2, -0.15) is 0 Å². The molecule has 0 radical (unpaired) electrons. The zero-order valence-electron chi connectivity index (χ0n) is 20.1. The van der Waals surface area contributed by atoms with Crippen LogP contribution < -0.4 is 5.46 Å². The number of rotatable bonds is 2. The van der Waals surface area contributed by atoms with Crippen molar-refractivity contribution in [2.24, 2.45) is 0 Å². The van der Waals surface area contributed by atoms with Crippen molar-refractivity contribution in [2.75, 3.05) is 0 Å². The Morgan fingerprint density at radius 2 is 1.47 bits per heavy atom. The van der Waals surface area contributed by atoms with Crippen LogP contribution in [0.25, 0.3) is 31.3 Å². The molecule has 0 unspecified atom stereocenters. The van der Waals surface area contributed by atoms with Gasteiger partial charge in [0.15, 0.2) is 0 Å². The second-order valence-corrected chi connectivity index (χ2v) is 12.0. The molecule has 0 atom stereocenters. The van der Waals surface area contributed by atoms with Crippen LogP contribution in [0.2, 0.25) is 0 Å². The van der Waals surface area contributed by atoms with Crippen molar-refractivity contribution < 1.29 is 9.31 Å². The van der Waals surface area contributed by atoms with E-state index in [1.165, 1.54) is 36.9 Å². The van der Waals surface area contributed by atoms with Gasteiger partial charge in [-0.25, -0.2) is 0 Å². The number of benzene rings is 3. The maximum absolute atomic E-state index is 6.39. The van der Waals surface area contributed by atoms with Gasteiger partial charge in [0.25, 0.3) is 0 Å². The number of thiophene rings is 1. The van der Waals surface area contributed by atoms with E-state index in [0.717, 1.165) is 5.46 Å². The summed E-state index contributed by atoms with van der Waals surface area (Å²) in [6.45, 7) is 15.3. The highest BCUT2D eigenvalue weighted by atomic mass is 32.1. The standard InChI is InChI=1S/C28H31BO2S/c1-26(2,3)22-13-10-12-20-21-17-18(15-16-24(21)32-25(20)22)19-11-8-9-14-23(19)29-30-27(4,5)28(6,7)31-29/h8-17H,1-7H3. The molecule has 1 fully saturated rings. The van der Waals surface area contributed by atoms with E-state index >= 15 is 0 Å². The van der Waals surface area contributed by atoms with E-state index in [4.69, 9.17) is 9.31 Å². The summed E-state index contributed by atoms with van der Waals surface area (Å²) in [5.41, 5.74) is 4.26. The summed E-state index contributed by atoms with van der Waals surface area (Å²) in [5.74, 6) is 0. The molecule has 0 saturated carbocycles. The molecule has 1 saturated heterocycles. The Labute approximate surface area is 195 Å². The van der Waals surface area contributed by atoms with Crippen LogP contribution >= 0.6 is 11.3 Å². The summed E-state index contributed by atoms with van der Waals surface area (Å²) in [4.78, 5) is 0. The number of hydrogen-bond donors (Lipinski definition) is 0. The molecule has 1 aliphatic heterocycles. The summed E-state index contributed by atoms with van der Waals surface area (Å²) < 4.78 is 15.5. The fraction of sp³-hybridized carbons (Fsp3) is 0.357.